The van der Waals surface area contributed by atoms with Crippen molar-refractivity contribution in [3.8, 4) is 0 Å². The van der Waals surface area contributed by atoms with Gasteiger partial charge in [0.15, 0.2) is 0 Å². The lowest BCUT2D eigenvalue weighted by Gasteiger charge is -2.25. The average molecular weight is 340 g/mol. The summed E-state index contributed by atoms with van der Waals surface area (Å²) in [6.07, 6.45) is 3.11. The number of amides is 2. The van der Waals surface area contributed by atoms with E-state index in [1.807, 2.05) is 41.9 Å². The second-order valence-corrected chi connectivity index (χ2v) is 6.32. The van der Waals surface area contributed by atoms with Crippen molar-refractivity contribution in [2.75, 3.05) is 13.1 Å². The summed E-state index contributed by atoms with van der Waals surface area (Å²) in [4.78, 5) is 26.7. The van der Waals surface area contributed by atoms with E-state index >= 15 is 0 Å². The van der Waals surface area contributed by atoms with Crippen LogP contribution >= 0.6 is 0 Å². The van der Waals surface area contributed by atoms with Crippen LogP contribution in [0.15, 0.2) is 36.5 Å². The van der Waals surface area contributed by atoms with Gasteiger partial charge < -0.3 is 10.2 Å². The number of carbonyl (C=O) groups is 2. The van der Waals surface area contributed by atoms with E-state index in [2.05, 4.69) is 10.4 Å². The van der Waals surface area contributed by atoms with Crippen LogP contribution in [0.2, 0.25) is 0 Å². The van der Waals surface area contributed by atoms with Gasteiger partial charge in [0.1, 0.15) is 6.04 Å². The molecule has 2 amide bonds. The van der Waals surface area contributed by atoms with Gasteiger partial charge in [-0.05, 0) is 25.3 Å². The summed E-state index contributed by atoms with van der Waals surface area (Å²) >= 11 is 0. The van der Waals surface area contributed by atoms with Crippen molar-refractivity contribution in [1.82, 2.24) is 20.0 Å². The van der Waals surface area contributed by atoms with Gasteiger partial charge in [-0.2, -0.15) is 5.10 Å². The minimum Gasteiger partial charge on any atom is -0.354 e. The lowest BCUT2D eigenvalue weighted by Crippen LogP contribution is -2.45. The molecule has 1 aliphatic rings. The van der Waals surface area contributed by atoms with Gasteiger partial charge in [0.2, 0.25) is 5.91 Å². The van der Waals surface area contributed by atoms with Crippen LogP contribution in [0.5, 0.6) is 0 Å². The van der Waals surface area contributed by atoms with Gasteiger partial charge in [0.05, 0.1) is 24.0 Å². The van der Waals surface area contributed by atoms with Crippen LogP contribution in [0.25, 0.3) is 0 Å². The van der Waals surface area contributed by atoms with Gasteiger partial charge in [0.25, 0.3) is 5.91 Å². The second kappa shape index (κ2) is 7.51. The molecule has 6 nitrogen and oxygen atoms in total. The zero-order chi connectivity index (χ0) is 17.8. The molecule has 2 heterocycles. The van der Waals surface area contributed by atoms with Crippen molar-refractivity contribution in [3.05, 3.63) is 53.3 Å². The van der Waals surface area contributed by atoms with E-state index in [0.717, 1.165) is 17.7 Å². The molecule has 1 aliphatic heterocycles. The first-order chi connectivity index (χ1) is 12.1. The Hall–Kier alpha value is -2.63. The zero-order valence-electron chi connectivity index (χ0n) is 14.7. The highest BCUT2D eigenvalue weighted by molar-refractivity contribution is 5.98. The van der Waals surface area contributed by atoms with Gasteiger partial charge in [-0.1, -0.05) is 37.3 Å². The third-order valence-corrected chi connectivity index (χ3v) is 4.67. The molecule has 25 heavy (non-hydrogen) atoms. The molecule has 0 saturated carbocycles. The van der Waals surface area contributed by atoms with Crippen LogP contribution in [0.4, 0.5) is 0 Å². The summed E-state index contributed by atoms with van der Waals surface area (Å²) in [6.45, 7) is 5.62. The predicted molar refractivity (Wildman–Crippen MR) is 95.3 cm³/mol. The van der Waals surface area contributed by atoms with Crippen LogP contribution in [-0.2, 0) is 17.8 Å². The molecule has 132 valence electrons. The van der Waals surface area contributed by atoms with Crippen LogP contribution in [0.1, 0.15) is 41.9 Å². The van der Waals surface area contributed by atoms with E-state index in [0.29, 0.717) is 31.6 Å². The van der Waals surface area contributed by atoms with E-state index in [4.69, 9.17) is 0 Å². The van der Waals surface area contributed by atoms with E-state index in [-0.39, 0.29) is 11.8 Å². The number of hydrogen-bond donors (Lipinski definition) is 1. The Bertz CT molecular complexity index is 754. The molecular formula is C19H24N4O2. The summed E-state index contributed by atoms with van der Waals surface area (Å²) in [5, 5.41) is 7.28. The monoisotopic (exact) mass is 340 g/mol. The average Bonchev–Trinajstić information content (AvgIpc) is 2.95. The molecule has 1 aromatic carbocycles. The SMILES string of the molecule is CCc1c(C(=O)N2CCCNC(=O)[C@@H]2C)cnn1Cc1ccccc1. The molecule has 0 spiro atoms. The smallest absolute Gasteiger partial charge is 0.258 e. The fourth-order valence-corrected chi connectivity index (χ4v) is 3.23. The zero-order valence-corrected chi connectivity index (χ0v) is 14.7. The highest BCUT2D eigenvalue weighted by Gasteiger charge is 2.30. The Morgan fingerprint density at radius 1 is 1.32 bits per heavy atom. The molecule has 1 N–H and O–H groups in total. The molecule has 0 unspecified atom stereocenters. The first-order valence-electron chi connectivity index (χ1n) is 8.79. The van der Waals surface area contributed by atoms with Crippen molar-refractivity contribution < 1.29 is 9.59 Å². The Morgan fingerprint density at radius 3 is 2.80 bits per heavy atom. The number of benzene rings is 1. The number of nitrogens with zero attached hydrogens (tertiary/aromatic N) is 3. The van der Waals surface area contributed by atoms with Gasteiger partial charge in [-0.3, -0.25) is 14.3 Å². The minimum atomic E-state index is -0.461. The van der Waals surface area contributed by atoms with Gasteiger partial charge in [-0.15, -0.1) is 0 Å². The van der Waals surface area contributed by atoms with Crippen molar-refractivity contribution in [2.24, 2.45) is 0 Å². The lowest BCUT2D eigenvalue weighted by atomic mass is 10.1. The quantitative estimate of drug-likeness (QED) is 0.923. The molecule has 0 aliphatic carbocycles. The summed E-state index contributed by atoms with van der Waals surface area (Å²) in [5.74, 6) is -0.207. The maximum atomic E-state index is 13.0. The normalized spacial score (nSPS) is 17.9. The Labute approximate surface area is 147 Å². The topological polar surface area (TPSA) is 67.2 Å². The predicted octanol–water partition coefficient (Wildman–Crippen LogP) is 1.84. The van der Waals surface area contributed by atoms with E-state index < -0.39 is 6.04 Å². The Morgan fingerprint density at radius 2 is 2.08 bits per heavy atom. The molecule has 0 radical (unpaired) electrons. The Kier molecular flexibility index (Phi) is 5.16. The highest BCUT2D eigenvalue weighted by Crippen LogP contribution is 2.17. The summed E-state index contributed by atoms with van der Waals surface area (Å²) < 4.78 is 1.88. The largest absolute Gasteiger partial charge is 0.354 e. The van der Waals surface area contributed by atoms with E-state index in [9.17, 15) is 9.59 Å². The summed E-state index contributed by atoms with van der Waals surface area (Å²) in [7, 11) is 0. The maximum absolute atomic E-state index is 13.0. The third kappa shape index (κ3) is 3.57. The number of aromatic nitrogens is 2. The lowest BCUT2D eigenvalue weighted by molar-refractivity contribution is -0.124. The van der Waals surface area contributed by atoms with E-state index in [1.54, 1.807) is 18.0 Å². The number of nitrogens with one attached hydrogen (secondary N) is 1. The molecule has 1 fully saturated rings. The second-order valence-electron chi connectivity index (χ2n) is 6.32. The number of hydrogen-bond acceptors (Lipinski definition) is 3. The molecule has 3 rings (SSSR count). The van der Waals surface area contributed by atoms with E-state index in [1.165, 1.54) is 0 Å². The Balaban J connectivity index is 1.86. The van der Waals surface area contributed by atoms with Crippen molar-refractivity contribution in [3.63, 3.8) is 0 Å². The van der Waals surface area contributed by atoms with Gasteiger partial charge in [-0.25, -0.2) is 0 Å². The van der Waals surface area contributed by atoms with Crippen molar-refractivity contribution in [2.45, 2.75) is 39.3 Å². The minimum absolute atomic E-state index is 0.0967. The number of carbonyl (C=O) groups excluding carboxylic acids is 2. The fraction of sp³-hybridized carbons (Fsp3) is 0.421. The van der Waals surface area contributed by atoms with Crippen LogP contribution in [-0.4, -0.2) is 45.6 Å². The molecular weight excluding hydrogens is 316 g/mol. The molecule has 0 bridgehead atoms. The molecule has 1 aromatic heterocycles. The van der Waals surface area contributed by atoms with Crippen LogP contribution in [0.3, 0.4) is 0 Å². The summed E-state index contributed by atoms with van der Waals surface area (Å²) in [6, 6.07) is 9.60. The van der Waals surface area contributed by atoms with Gasteiger partial charge in [0, 0.05) is 13.1 Å². The van der Waals surface area contributed by atoms with Crippen LogP contribution in [0, 0.1) is 0 Å². The van der Waals surface area contributed by atoms with Crippen molar-refractivity contribution in [1.29, 1.82) is 0 Å². The first-order valence-corrected chi connectivity index (χ1v) is 8.79. The first kappa shape index (κ1) is 17.2. The summed E-state index contributed by atoms with van der Waals surface area (Å²) in [5.41, 5.74) is 2.65. The molecule has 1 saturated heterocycles. The van der Waals surface area contributed by atoms with Crippen LogP contribution < -0.4 is 5.32 Å². The molecule has 2 aromatic rings. The number of rotatable bonds is 4. The standard InChI is InChI=1S/C19H24N4O2/c1-3-17-16(12-21-23(17)13-15-8-5-4-6-9-15)19(25)22-11-7-10-20-18(24)14(22)2/h4-6,8-9,12,14H,3,7,10-11,13H2,1-2H3,(H,20,24)/t14-/m0/s1. The fourth-order valence-electron chi connectivity index (χ4n) is 3.23. The third-order valence-electron chi connectivity index (χ3n) is 4.67. The highest BCUT2D eigenvalue weighted by atomic mass is 16.2. The molecule has 1 atom stereocenters. The maximum Gasteiger partial charge on any atom is 0.258 e. The van der Waals surface area contributed by atoms with Crippen molar-refractivity contribution >= 4 is 11.8 Å². The van der Waals surface area contributed by atoms with Gasteiger partial charge >= 0.3 is 0 Å². The molecule has 6 heteroatoms.